The highest BCUT2D eigenvalue weighted by atomic mass is 19.1. The Morgan fingerprint density at radius 3 is 2.60 bits per heavy atom. The van der Waals surface area contributed by atoms with Crippen LogP contribution in [0.5, 0.6) is 0 Å². The van der Waals surface area contributed by atoms with Crippen LogP contribution in [0.2, 0.25) is 0 Å². The first kappa shape index (κ1) is 20.2. The fraction of sp³-hybridized carbons (Fsp3) is 0.348. The molecule has 0 saturated heterocycles. The molecule has 1 amide bonds. The van der Waals surface area contributed by atoms with Gasteiger partial charge in [0.15, 0.2) is 0 Å². The molecule has 6 nitrogen and oxygen atoms in total. The number of fused-ring (bicyclic) bond motifs is 1. The highest BCUT2D eigenvalue weighted by Crippen LogP contribution is 2.33. The first-order chi connectivity index (χ1) is 14.5. The monoisotopic (exact) mass is 409 g/mol. The van der Waals surface area contributed by atoms with Crippen molar-refractivity contribution in [3.05, 3.63) is 65.0 Å². The molecule has 0 radical (unpaired) electrons. The van der Waals surface area contributed by atoms with Crippen LogP contribution in [-0.4, -0.2) is 26.3 Å². The van der Waals surface area contributed by atoms with Gasteiger partial charge in [0, 0.05) is 17.5 Å². The van der Waals surface area contributed by atoms with E-state index in [-0.39, 0.29) is 29.9 Å². The fourth-order valence-electron chi connectivity index (χ4n) is 4.25. The molecular formula is C23H24FN3O3. The SMILES string of the molecule is CC(=O)C1CCC(n2/c(=N\C(=O)c3cccc(F)c3)[nH]c3ccc(CO)cc32)CC1. The Morgan fingerprint density at radius 2 is 1.93 bits per heavy atom. The van der Waals surface area contributed by atoms with Crippen molar-refractivity contribution in [3.8, 4) is 0 Å². The molecule has 4 rings (SSSR count). The van der Waals surface area contributed by atoms with Crippen molar-refractivity contribution in [2.24, 2.45) is 10.9 Å². The number of Topliss-reactive ketones (excluding diaryl/α,β-unsaturated/α-hetero) is 1. The predicted octanol–water partition coefficient (Wildman–Crippen LogP) is 3.66. The van der Waals surface area contributed by atoms with E-state index in [9.17, 15) is 19.1 Å². The standard InChI is InChI=1S/C23H24FN3O3/c1-14(29)16-6-8-19(9-7-16)27-21-11-15(13-28)5-10-20(21)25-23(27)26-22(30)17-3-2-4-18(24)12-17/h2-5,10-12,16,19,28H,6-9,13H2,1H3,(H,25,26,30). The number of hydrogen-bond acceptors (Lipinski definition) is 3. The van der Waals surface area contributed by atoms with E-state index in [0.717, 1.165) is 42.3 Å². The van der Waals surface area contributed by atoms with Gasteiger partial charge in [0.25, 0.3) is 5.91 Å². The van der Waals surface area contributed by atoms with Crippen LogP contribution in [0.15, 0.2) is 47.5 Å². The molecule has 0 atom stereocenters. The third-order valence-electron chi connectivity index (χ3n) is 5.89. The maximum atomic E-state index is 13.5. The Kier molecular flexibility index (Phi) is 5.63. The molecule has 0 aliphatic heterocycles. The summed E-state index contributed by atoms with van der Waals surface area (Å²) in [5.74, 6) is -0.731. The van der Waals surface area contributed by atoms with Crippen LogP contribution in [0.4, 0.5) is 4.39 Å². The summed E-state index contributed by atoms with van der Waals surface area (Å²) < 4.78 is 15.5. The molecule has 1 aliphatic rings. The number of carbonyl (C=O) groups excluding carboxylic acids is 2. The molecular weight excluding hydrogens is 385 g/mol. The molecule has 2 N–H and O–H groups in total. The van der Waals surface area contributed by atoms with Gasteiger partial charge in [-0.1, -0.05) is 12.1 Å². The summed E-state index contributed by atoms with van der Waals surface area (Å²) >= 11 is 0. The lowest BCUT2D eigenvalue weighted by atomic mass is 9.84. The van der Waals surface area contributed by atoms with Gasteiger partial charge >= 0.3 is 0 Å². The molecule has 7 heteroatoms. The molecule has 1 fully saturated rings. The number of ketones is 1. The number of imidazole rings is 1. The number of H-pyrrole nitrogens is 1. The maximum absolute atomic E-state index is 13.5. The summed E-state index contributed by atoms with van der Waals surface area (Å²) in [6.07, 6.45) is 3.16. The number of amides is 1. The lowest BCUT2D eigenvalue weighted by Crippen LogP contribution is -2.29. The molecule has 1 saturated carbocycles. The normalized spacial score (nSPS) is 19.9. The van der Waals surface area contributed by atoms with E-state index in [1.165, 1.54) is 24.3 Å². The van der Waals surface area contributed by atoms with Crippen LogP contribution < -0.4 is 5.62 Å². The topological polar surface area (TPSA) is 87.5 Å². The minimum absolute atomic E-state index is 0.0716. The molecule has 3 aromatic rings. The lowest BCUT2D eigenvalue weighted by Gasteiger charge is -2.28. The molecule has 2 aromatic carbocycles. The highest BCUT2D eigenvalue weighted by Gasteiger charge is 2.27. The molecule has 1 aromatic heterocycles. The molecule has 1 heterocycles. The van der Waals surface area contributed by atoms with Gasteiger partial charge in [-0.25, -0.2) is 4.39 Å². The van der Waals surface area contributed by atoms with Crippen molar-refractivity contribution in [1.29, 1.82) is 0 Å². The number of carbonyl (C=O) groups is 2. The van der Waals surface area contributed by atoms with E-state index >= 15 is 0 Å². The Labute approximate surface area is 173 Å². The first-order valence-electron chi connectivity index (χ1n) is 10.2. The van der Waals surface area contributed by atoms with E-state index in [2.05, 4.69) is 9.98 Å². The first-order valence-corrected chi connectivity index (χ1v) is 10.2. The van der Waals surface area contributed by atoms with Gasteiger partial charge in [-0.05, 0) is 68.5 Å². The second-order valence-corrected chi connectivity index (χ2v) is 7.87. The van der Waals surface area contributed by atoms with E-state index in [1.54, 1.807) is 6.92 Å². The average Bonchev–Trinajstić information content (AvgIpc) is 3.10. The fourth-order valence-corrected chi connectivity index (χ4v) is 4.25. The zero-order valence-electron chi connectivity index (χ0n) is 16.8. The lowest BCUT2D eigenvalue weighted by molar-refractivity contribution is -0.121. The number of aromatic amines is 1. The summed E-state index contributed by atoms with van der Waals surface area (Å²) in [5.41, 5.74) is 2.97. The summed E-state index contributed by atoms with van der Waals surface area (Å²) in [4.78, 5) is 31.9. The zero-order chi connectivity index (χ0) is 21.3. The Balaban J connectivity index is 1.80. The van der Waals surface area contributed by atoms with Gasteiger partial charge in [-0.3, -0.25) is 9.59 Å². The Bertz CT molecular complexity index is 1170. The largest absolute Gasteiger partial charge is 0.392 e. The average molecular weight is 409 g/mol. The van der Waals surface area contributed by atoms with Crippen LogP contribution in [-0.2, 0) is 11.4 Å². The summed E-state index contributed by atoms with van der Waals surface area (Å²) in [7, 11) is 0. The molecule has 0 bridgehead atoms. The van der Waals surface area contributed by atoms with Crippen LogP contribution in [0.25, 0.3) is 11.0 Å². The van der Waals surface area contributed by atoms with Gasteiger partial charge in [-0.15, -0.1) is 0 Å². The van der Waals surface area contributed by atoms with Gasteiger partial charge in [-0.2, -0.15) is 4.99 Å². The third kappa shape index (κ3) is 3.98. The van der Waals surface area contributed by atoms with Gasteiger partial charge in [0.05, 0.1) is 17.6 Å². The number of nitrogens with one attached hydrogen (secondary N) is 1. The second kappa shape index (κ2) is 8.36. The summed E-state index contributed by atoms with van der Waals surface area (Å²) in [6, 6.07) is 11.1. The van der Waals surface area contributed by atoms with Gasteiger partial charge in [0.2, 0.25) is 5.62 Å². The van der Waals surface area contributed by atoms with Crippen molar-refractivity contribution in [3.63, 3.8) is 0 Å². The number of benzene rings is 2. The maximum Gasteiger partial charge on any atom is 0.280 e. The Hall–Kier alpha value is -3.06. The minimum atomic E-state index is -0.533. The molecule has 0 unspecified atom stereocenters. The smallest absolute Gasteiger partial charge is 0.280 e. The van der Waals surface area contributed by atoms with Crippen LogP contribution in [0.3, 0.4) is 0 Å². The zero-order valence-corrected chi connectivity index (χ0v) is 16.8. The summed E-state index contributed by atoms with van der Waals surface area (Å²) in [6.45, 7) is 1.54. The van der Waals surface area contributed by atoms with Gasteiger partial charge < -0.3 is 14.7 Å². The number of rotatable bonds is 4. The van der Waals surface area contributed by atoms with Crippen molar-refractivity contribution in [1.82, 2.24) is 9.55 Å². The van der Waals surface area contributed by atoms with Crippen molar-refractivity contribution < 1.29 is 19.1 Å². The van der Waals surface area contributed by atoms with E-state index in [1.807, 2.05) is 22.8 Å². The minimum Gasteiger partial charge on any atom is -0.392 e. The number of aromatic nitrogens is 2. The predicted molar refractivity (Wildman–Crippen MR) is 110 cm³/mol. The number of aliphatic hydroxyl groups is 1. The van der Waals surface area contributed by atoms with Gasteiger partial charge in [0.1, 0.15) is 11.6 Å². The van der Waals surface area contributed by atoms with Crippen molar-refractivity contribution in [2.75, 3.05) is 0 Å². The number of halogens is 1. The third-order valence-corrected chi connectivity index (χ3v) is 5.89. The summed E-state index contributed by atoms with van der Waals surface area (Å²) in [5, 5.41) is 9.55. The molecule has 156 valence electrons. The Morgan fingerprint density at radius 1 is 1.17 bits per heavy atom. The van der Waals surface area contributed by atoms with Crippen LogP contribution >= 0.6 is 0 Å². The number of aliphatic hydroxyl groups excluding tert-OH is 1. The van der Waals surface area contributed by atoms with E-state index < -0.39 is 11.7 Å². The number of nitrogens with zero attached hydrogens (tertiary/aromatic N) is 2. The second-order valence-electron chi connectivity index (χ2n) is 7.87. The molecule has 1 aliphatic carbocycles. The van der Waals surface area contributed by atoms with E-state index in [4.69, 9.17) is 0 Å². The van der Waals surface area contributed by atoms with E-state index in [0.29, 0.717) is 5.62 Å². The number of hydrogen-bond donors (Lipinski definition) is 2. The highest BCUT2D eigenvalue weighted by molar-refractivity contribution is 5.95. The van der Waals surface area contributed by atoms with Crippen LogP contribution in [0, 0.1) is 11.7 Å². The van der Waals surface area contributed by atoms with Crippen molar-refractivity contribution in [2.45, 2.75) is 45.3 Å². The molecule has 0 spiro atoms. The molecule has 30 heavy (non-hydrogen) atoms. The van der Waals surface area contributed by atoms with Crippen molar-refractivity contribution >= 4 is 22.7 Å². The quantitative estimate of drug-likeness (QED) is 0.689. The van der Waals surface area contributed by atoms with Crippen LogP contribution in [0.1, 0.15) is 54.6 Å².